The molecule has 0 aliphatic heterocycles. The van der Waals surface area contributed by atoms with E-state index >= 15 is 0 Å². The Morgan fingerprint density at radius 2 is 2.20 bits per heavy atom. The number of fused-ring (bicyclic) bond motifs is 1. The van der Waals surface area contributed by atoms with E-state index in [4.69, 9.17) is 5.84 Å². The molecule has 0 unspecified atom stereocenters. The maximum absolute atomic E-state index is 5.42. The fourth-order valence-corrected chi connectivity index (χ4v) is 1.78. The SMILES string of the molecule is CCc1cccc2cc(NN)c(C)nc12. The second kappa shape index (κ2) is 3.87. The molecule has 3 heteroatoms. The van der Waals surface area contributed by atoms with Gasteiger partial charge in [0.2, 0.25) is 0 Å². The lowest BCUT2D eigenvalue weighted by Gasteiger charge is -2.08. The van der Waals surface area contributed by atoms with Crippen LogP contribution in [0.1, 0.15) is 18.2 Å². The molecular weight excluding hydrogens is 186 g/mol. The minimum Gasteiger partial charge on any atom is -0.322 e. The van der Waals surface area contributed by atoms with Crippen molar-refractivity contribution in [2.24, 2.45) is 5.84 Å². The maximum Gasteiger partial charge on any atom is 0.0738 e. The van der Waals surface area contributed by atoms with Crippen molar-refractivity contribution in [3.63, 3.8) is 0 Å². The number of hydrogen-bond donors (Lipinski definition) is 2. The molecule has 2 rings (SSSR count). The van der Waals surface area contributed by atoms with Crippen molar-refractivity contribution in [3.8, 4) is 0 Å². The first-order valence-electron chi connectivity index (χ1n) is 5.12. The Hall–Kier alpha value is -1.61. The Morgan fingerprint density at radius 1 is 1.40 bits per heavy atom. The number of hydrogen-bond acceptors (Lipinski definition) is 3. The summed E-state index contributed by atoms with van der Waals surface area (Å²) in [6, 6.07) is 8.27. The van der Waals surface area contributed by atoms with Gasteiger partial charge in [-0.2, -0.15) is 0 Å². The Labute approximate surface area is 89.3 Å². The van der Waals surface area contributed by atoms with Crippen LogP contribution in [0.15, 0.2) is 24.3 Å². The number of anilines is 1. The van der Waals surface area contributed by atoms with Gasteiger partial charge in [-0.3, -0.25) is 10.8 Å². The molecule has 1 aromatic carbocycles. The van der Waals surface area contributed by atoms with Crippen molar-refractivity contribution in [1.82, 2.24) is 4.98 Å². The van der Waals surface area contributed by atoms with Gasteiger partial charge in [0.1, 0.15) is 0 Å². The molecule has 0 saturated heterocycles. The predicted octanol–water partition coefficient (Wildman–Crippen LogP) is 2.39. The van der Waals surface area contributed by atoms with Crippen LogP contribution in [0.25, 0.3) is 10.9 Å². The van der Waals surface area contributed by atoms with Gasteiger partial charge in [-0.05, 0) is 25.0 Å². The molecule has 78 valence electrons. The third-order valence-corrected chi connectivity index (χ3v) is 2.66. The van der Waals surface area contributed by atoms with Gasteiger partial charge < -0.3 is 5.43 Å². The molecule has 2 aromatic rings. The number of aryl methyl sites for hydroxylation is 2. The second-order valence-corrected chi connectivity index (χ2v) is 3.61. The van der Waals surface area contributed by atoms with Crippen LogP contribution < -0.4 is 11.3 Å². The fourth-order valence-electron chi connectivity index (χ4n) is 1.78. The fraction of sp³-hybridized carbons (Fsp3) is 0.250. The molecule has 0 spiro atoms. The quantitative estimate of drug-likeness (QED) is 0.579. The molecule has 3 N–H and O–H groups in total. The van der Waals surface area contributed by atoms with E-state index < -0.39 is 0 Å². The highest BCUT2D eigenvalue weighted by Crippen LogP contribution is 2.22. The number of pyridine rings is 1. The van der Waals surface area contributed by atoms with Gasteiger partial charge in [-0.1, -0.05) is 25.1 Å². The van der Waals surface area contributed by atoms with E-state index in [1.54, 1.807) is 0 Å². The van der Waals surface area contributed by atoms with Crippen molar-refractivity contribution in [1.29, 1.82) is 0 Å². The van der Waals surface area contributed by atoms with Crippen LogP contribution in [-0.4, -0.2) is 4.98 Å². The summed E-state index contributed by atoms with van der Waals surface area (Å²) in [6.45, 7) is 4.10. The van der Waals surface area contributed by atoms with E-state index in [1.807, 2.05) is 13.0 Å². The van der Waals surface area contributed by atoms with E-state index in [-0.39, 0.29) is 0 Å². The molecule has 3 nitrogen and oxygen atoms in total. The summed E-state index contributed by atoms with van der Waals surface area (Å²) < 4.78 is 0. The lowest BCUT2D eigenvalue weighted by atomic mass is 10.1. The largest absolute Gasteiger partial charge is 0.322 e. The highest BCUT2D eigenvalue weighted by Gasteiger charge is 2.04. The number of hydrazine groups is 1. The molecule has 0 aliphatic rings. The van der Waals surface area contributed by atoms with Crippen molar-refractivity contribution in [2.45, 2.75) is 20.3 Å². The topological polar surface area (TPSA) is 50.9 Å². The zero-order valence-electron chi connectivity index (χ0n) is 9.04. The molecule has 0 atom stereocenters. The zero-order chi connectivity index (χ0) is 10.8. The smallest absolute Gasteiger partial charge is 0.0738 e. The number of aromatic nitrogens is 1. The Kier molecular flexibility index (Phi) is 2.56. The third-order valence-electron chi connectivity index (χ3n) is 2.66. The zero-order valence-corrected chi connectivity index (χ0v) is 9.04. The Balaban J connectivity index is 2.74. The van der Waals surface area contributed by atoms with Crippen LogP contribution in [0.3, 0.4) is 0 Å². The standard InChI is InChI=1S/C12H15N3/c1-3-9-5-4-6-10-7-11(15-13)8(2)14-12(9)10/h4-7,15H,3,13H2,1-2H3. The van der Waals surface area contributed by atoms with Gasteiger partial charge in [0, 0.05) is 5.39 Å². The van der Waals surface area contributed by atoms with E-state index in [0.717, 1.165) is 28.7 Å². The average molecular weight is 201 g/mol. The lowest BCUT2D eigenvalue weighted by Crippen LogP contribution is -2.09. The highest BCUT2D eigenvalue weighted by molar-refractivity contribution is 5.85. The maximum atomic E-state index is 5.42. The number of benzene rings is 1. The number of rotatable bonds is 2. The van der Waals surface area contributed by atoms with Gasteiger partial charge in [0.15, 0.2) is 0 Å². The van der Waals surface area contributed by atoms with Gasteiger partial charge in [-0.25, -0.2) is 0 Å². The van der Waals surface area contributed by atoms with Gasteiger partial charge in [0.05, 0.1) is 16.9 Å². The normalized spacial score (nSPS) is 10.6. The molecule has 1 heterocycles. The minimum absolute atomic E-state index is 0.885. The van der Waals surface area contributed by atoms with Crippen LogP contribution in [0, 0.1) is 6.92 Å². The molecule has 15 heavy (non-hydrogen) atoms. The number of nitrogens with two attached hydrogens (primary N) is 1. The number of nitrogens with one attached hydrogen (secondary N) is 1. The van der Waals surface area contributed by atoms with Crippen LogP contribution in [0.5, 0.6) is 0 Å². The minimum atomic E-state index is 0.885. The Bertz CT molecular complexity index is 491. The monoisotopic (exact) mass is 201 g/mol. The summed E-state index contributed by atoms with van der Waals surface area (Å²) in [4.78, 5) is 4.57. The van der Waals surface area contributed by atoms with Crippen LogP contribution in [-0.2, 0) is 6.42 Å². The van der Waals surface area contributed by atoms with Crippen molar-refractivity contribution >= 4 is 16.6 Å². The van der Waals surface area contributed by atoms with Crippen molar-refractivity contribution in [2.75, 3.05) is 5.43 Å². The Morgan fingerprint density at radius 3 is 2.87 bits per heavy atom. The van der Waals surface area contributed by atoms with Crippen molar-refractivity contribution in [3.05, 3.63) is 35.5 Å². The number of para-hydroxylation sites is 1. The summed E-state index contributed by atoms with van der Waals surface area (Å²) in [6.07, 6.45) is 0.999. The number of nitrogen functional groups attached to an aromatic ring is 1. The first kappa shape index (κ1) is 9.93. The molecule has 0 saturated carbocycles. The summed E-state index contributed by atoms with van der Waals surface area (Å²) in [5.74, 6) is 5.42. The molecule has 0 amide bonds. The number of nitrogens with zero attached hydrogens (tertiary/aromatic N) is 1. The second-order valence-electron chi connectivity index (χ2n) is 3.61. The first-order chi connectivity index (χ1) is 7.26. The summed E-state index contributed by atoms with van der Waals surface area (Å²) >= 11 is 0. The lowest BCUT2D eigenvalue weighted by molar-refractivity contribution is 1.13. The average Bonchev–Trinajstić information content (AvgIpc) is 2.27. The summed E-state index contributed by atoms with van der Waals surface area (Å²) in [5, 5.41) is 1.13. The van der Waals surface area contributed by atoms with Crippen LogP contribution in [0.4, 0.5) is 5.69 Å². The van der Waals surface area contributed by atoms with E-state index in [9.17, 15) is 0 Å². The highest BCUT2D eigenvalue weighted by atomic mass is 15.2. The van der Waals surface area contributed by atoms with Gasteiger partial charge in [0.25, 0.3) is 0 Å². The predicted molar refractivity (Wildman–Crippen MR) is 63.7 cm³/mol. The van der Waals surface area contributed by atoms with Crippen LogP contribution >= 0.6 is 0 Å². The van der Waals surface area contributed by atoms with E-state index in [2.05, 4.69) is 35.5 Å². The molecule has 0 bridgehead atoms. The van der Waals surface area contributed by atoms with Gasteiger partial charge in [-0.15, -0.1) is 0 Å². The van der Waals surface area contributed by atoms with Gasteiger partial charge >= 0.3 is 0 Å². The first-order valence-corrected chi connectivity index (χ1v) is 5.12. The van der Waals surface area contributed by atoms with Crippen molar-refractivity contribution < 1.29 is 0 Å². The summed E-state index contributed by atoms with van der Waals surface area (Å²) in [7, 11) is 0. The summed E-state index contributed by atoms with van der Waals surface area (Å²) in [5.41, 5.74) is 6.84. The van der Waals surface area contributed by atoms with E-state index in [1.165, 1.54) is 5.56 Å². The third kappa shape index (κ3) is 1.66. The van der Waals surface area contributed by atoms with E-state index in [0.29, 0.717) is 0 Å². The molecule has 1 aromatic heterocycles. The molecule has 0 fully saturated rings. The molecule has 0 aliphatic carbocycles. The van der Waals surface area contributed by atoms with Crippen LogP contribution in [0.2, 0.25) is 0 Å². The molecule has 0 radical (unpaired) electrons. The molecular formula is C12H15N3.